The summed E-state index contributed by atoms with van der Waals surface area (Å²) in [5.74, 6) is 0.849. The third-order valence-electron chi connectivity index (χ3n) is 3.42. The van der Waals surface area contributed by atoms with Crippen molar-refractivity contribution in [1.82, 2.24) is 4.72 Å². The molecule has 4 nitrogen and oxygen atoms in total. The highest BCUT2D eigenvalue weighted by atomic mass is 32.2. The normalized spacial score (nSPS) is 18.4. The number of unbranched alkanes of at least 4 members (excludes halogenated alkanes) is 1. The van der Waals surface area contributed by atoms with E-state index in [-0.39, 0.29) is 12.4 Å². The molecule has 1 aliphatic carbocycles. The van der Waals surface area contributed by atoms with E-state index >= 15 is 0 Å². The second kappa shape index (κ2) is 8.06. The molecule has 1 saturated carbocycles. The summed E-state index contributed by atoms with van der Waals surface area (Å²) in [6, 6.07) is 0. The number of nitrogens with one attached hydrogen (secondary N) is 1. The molecule has 0 radical (unpaired) electrons. The molecular weight excluding hydrogens is 238 g/mol. The van der Waals surface area contributed by atoms with Crippen molar-refractivity contribution in [3.8, 4) is 0 Å². The van der Waals surface area contributed by atoms with Crippen molar-refractivity contribution in [2.24, 2.45) is 5.92 Å². The molecule has 102 valence electrons. The molecule has 0 saturated heterocycles. The maximum Gasteiger partial charge on any atom is 0.211 e. The van der Waals surface area contributed by atoms with Gasteiger partial charge in [0.15, 0.2) is 0 Å². The summed E-state index contributed by atoms with van der Waals surface area (Å²) in [7, 11) is -3.12. The van der Waals surface area contributed by atoms with E-state index < -0.39 is 10.0 Å². The van der Waals surface area contributed by atoms with Gasteiger partial charge in [-0.25, -0.2) is 13.1 Å². The van der Waals surface area contributed by atoms with Gasteiger partial charge in [0.05, 0.1) is 5.75 Å². The van der Waals surface area contributed by atoms with E-state index in [2.05, 4.69) is 4.72 Å². The zero-order valence-electron chi connectivity index (χ0n) is 10.5. The Morgan fingerprint density at radius 2 is 1.82 bits per heavy atom. The molecule has 2 N–H and O–H groups in total. The molecule has 0 aromatic carbocycles. The summed E-state index contributed by atoms with van der Waals surface area (Å²) in [6.45, 7) is 0.643. The third kappa shape index (κ3) is 7.01. The van der Waals surface area contributed by atoms with Crippen LogP contribution in [0.4, 0.5) is 0 Å². The van der Waals surface area contributed by atoms with Gasteiger partial charge in [-0.1, -0.05) is 32.1 Å². The Bertz CT molecular complexity index is 284. The van der Waals surface area contributed by atoms with Crippen LogP contribution in [0.15, 0.2) is 0 Å². The lowest BCUT2D eigenvalue weighted by molar-refractivity contribution is 0.287. The number of aliphatic hydroxyl groups is 1. The fraction of sp³-hybridized carbons (Fsp3) is 1.00. The Hall–Kier alpha value is -0.130. The van der Waals surface area contributed by atoms with Crippen LogP contribution in [0.3, 0.4) is 0 Å². The molecular formula is C12H25NO3S. The lowest BCUT2D eigenvalue weighted by atomic mass is 9.87. The number of hydrogen-bond acceptors (Lipinski definition) is 3. The summed E-state index contributed by atoms with van der Waals surface area (Å²) in [4.78, 5) is 0. The Morgan fingerprint density at radius 3 is 2.47 bits per heavy atom. The first kappa shape index (κ1) is 14.9. The molecule has 17 heavy (non-hydrogen) atoms. The van der Waals surface area contributed by atoms with Crippen LogP contribution in [0.25, 0.3) is 0 Å². The largest absolute Gasteiger partial charge is 0.396 e. The molecule has 1 rings (SSSR count). The quantitative estimate of drug-likeness (QED) is 0.654. The molecule has 0 amide bonds. The van der Waals surface area contributed by atoms with Crippen molar-refractivity contribution in [2.45, 2.75) is 51.4 Å². The van der Waals surface area contributed by atoms with E-state index in [4.69, 9.17) is 5.11 Å². The van der Waals surface area contributed by atoms with E-state index in [1.54, 1.807) is 0 Å². The summed E-state index contributed by atoms with van der Waals surface area (Å²) in [5.41, 5.74) is 0. The van der Waals surface area contributed by atoms with E-state index in [1.165, 1.54) is 32.1 Å². The molecule has 0 bridgehead atoms. The predicted molar refractivity (Wildman–Crippen MR) is 69.3 cm³/mol. The van der Waals surface area contributed by atoms with Crippen LogP contribution in [0.5, 0.6) is 0 Å². The lowest BCUT2D eigenvalue weighted by Gasteiger charge is -2.21. The molecule has 1 fully saturated rings. The maximum absolute atomic E-state index is 11.6. The van der Waals surface area contributed by atoms with E-state index in [1.807, 2.05) is 0 Å². The van der Waals surface area contributed by atoms with Crippen LogP contribution in [-0.2, 0) is 10.0 Å². The zero-order chi connectivity index (χ0) is 12.6. The van der Waals surface area contributed by atoms with Crippen LogP contribution in [0, 0.1) is 5.92 Å². The number of aliphatic hydroxyl groups excluding tert-OH is 1. The Labute approximate surface area is 105 Å². The molecule has 0 atom stereocenters. The van der Waals surface area contributed by atoms with Crippen LogP contribution >= 0.6 is 0 Å². The molecule has 1 aliphatic rings. The highest BCUT2D eigenvalue weighted by Crippen LogP contribution is 2.25. The van der Waals surface area contributed by atoms with Crippen LogP contribution in [-0.4, -0.2) is 32.4 Å². The predicted octanol–water partition coefficient (Wildman–Crippen LogP) is 1.65. The van der Waals surface area contributed by atoms with Crippen molar-refractivity contribution in [3.05, 3.63) is 0 Å². The second-order valence-electron chi connectivity index (χ2n) is 4.94. The Kier molecular flexibility index (Phi) is 7.08. The number of sulfonamides is 1. The van der Waals surface area contributed by atoms with Gasteiger partial charge >= 0.3 is 0 Å². The minimum Gasteiger partial charge on any atom is -0.396 e. The average Bonchev–Trinajstić information content (AvgIpc) is 2.30. The van der Waals surface area contributed by atoms with Crippen LogP contribution in [0.1, 0.15) is 51.4 Å². The standard InChI is InChI=1S/C12H25NO3S/c14-10-4-5-11-17(15,16)13-9-8-12-6-2-1-3-7-12/h12-14H,1-11H2. The summed E-state index contributed by atoms with van der Waals surface area (Å²) in [6.07, 6.45) is 8.52. The molecule has 0 heterocycles. The molecule has 5 heteroatoms. The highest BCUT2D eigenvalue weighted by molar-refractivity contribution is 7.89. The van der Waals surface area contributed by atoms with Crippen molar-refractivity contribution >= 4 is 10.0 Å². The summed E-state index contributed by atoms with van der Waals surface area (Å²) >= 11 is 0. The zero-order valence-corrected chi connectivity index (χ0v) is 11.3. The molecule has 0 spiro atoms. The highest BCUT2D eigenvalue weighted by Gasteiger charge is 2.14. The second-order valence-corrected chi connectivity index (χ2v) is 6.86. The van der Waals surface area contributed by atoms with Crippen molar-refractivity contribution < 1.29 is 13.5 Å². The van der Waals surface area contributed by atoms with E-state index in [9.17, 15) is 8.42 Å². The van der Waals surface area contributed by atoms with Gasteiger partial charge in [-0.15, -0.1) is 0 Å². The monoisotopic (exact) mass is 263 g/mol. The average molecular weight is 263 g/mol. The Morgan fingerprint density at radius 1 is 1.12 bits per heavy atom. The van der Waals surface area contributed by atoms with Gasteiger partial charge in [0, 0.05) is 13.2 Å². The van der Waals surface area contributed by atoms with Crippen LogP contribution in [0.2, 0.25) is 0 Å². The first-order chi connectivity index (χ1) is 8.14. The fourth-order valence-corrected chi connectivity index (χ4v) is 3.53. The summed E-state index contributed by atoms with van der Waals surface area (Å²) in [5, 5.41) is 8.59. The molecule has 0 aliphatic heterocycles. The van der Waals surface area contributed by atoms with E-state index in [0.29, 0.717) is 25.3 Å². The van der Waals surface area contributed by atoms with Crippen molar-refractivity contribution in [1.29, 1.82) is 0 Å². The van der Waals surface area contributed by atoms with Crippen LogP contribution < -0.4 is 4.72 Å². The fourth-order valence-electron chi connectivity index (χ4n) is 2.37. The van der Waals surface area contributed by atoms with Gasteiger partial charge in [-0.3, -0.25) is 0 Å². The van der Waals surface area contributed by atoms with Crippen molar-refractivity contribution in [3.63, 3.8) is 0 Å². The minimum absolute atomic E-state index is 0.0671. The molecule has 0 unspecified atom stereocenters. The number of hydrogen-bond donors (Lipinski definition) is 2. The van der Waals surface area contributed by atoms with Gasteiger partial charge < -0.3 is 5.11 Å². The lowest BCUT2D eigenvalue weighted by Crippen LogP contribution is -2.29. The van der Waals surface area contributed by atoms with E-state index in [0.717, 1.165) is 6.42 Å². The van der Waals surface area contributed by atoms with Gasteiger partial charge in [0.2, 0.25) is 10.0 Å². The first-order valence-corrected chi connectivity index (χ1v) is 8.37. The molecule has 0 aromatic rings. The minimum atomic E-state index is -3.12. The number of rotatable bonds is 8. The van der Waals surface area contributed by atoms with Gasteiger partial charge in [0.25, 0.3) is 0 Å². The first-order valence-electron chi connectivity index (χ1n) is 6.72. The summed E-state index contributed by atoms with van der Waals surface area (Å²) < 4.78 is 25.8. The van der Waals surface area contributed by atoms with Gasteiger partial charge in [-0.2, -0.15) is 0 Å². The topological polar surface area (TPSA) is 66.4 Å². The third-order valence-corrected chi connectivity index (χ3v) is 4.89. The van der Waals surface area contributed by atoms with Crippen molar-refractivity contribution in [2.75, 3.05) is 18.9 Å². The maximum atomic E-state index is 11.6. The smallest absolute Gasteiger partial charge is 0.211 e. The Balaban J connectivity index is 2.11. The SMILES string of the molecule is O=S(=O)(CCCCO)NCCC1CCCCC1. The molecule has 0 aromatic heterocycles. The van der Waals surface area contributed by atoms with Gasteiger partial charge in [0.1, 0.15) is 0 Å². The van der Waals surface area contributed by atoms with Gasteiger partial charge in [-0.05, 0) is 25.2 Å².